The van der Waals surface area contributed by atoms with Gasteiger partial charge in [0.1, 0.15) is 6.04 Å². The van der Waals surface area contributed by atoms with Gasteiger partial charge >= 0.3 is 5.97 Å². The number of anilines is 1. The Balaban J connectivity index is 2.61. The summed E-state index contributed by atoms with van der Waals surface area (Å²) in [6, 6.07) is 5.78. The molecular weight excluding hydrogens is 262 g/mol. The molecule has 0 aliphatic carbocycles. The van der Waals surface area contributed by atoms with Crippen LogP contribution in [0.2, 0.25) is 0 Å². The largest absolute Gasteiger partial charge is 0.480 e. The first-order chi connectivity index (χ1) is 9.77. The summed E-state index contributed by atoms with van der Waals surface area (Å²) in [6.45, 7) is 10.4. The van der Waals surface area contributed by atoms with E-state index in [9.17, 15) is 9.90 Å². The van der Waals surface area contributed by atoms with E-state index in [1.165, 1.54) is 11.1 Å². The van der Waals surface area contributed by atoms with Crippen molar-refractivity contribution in [2.75, 3.05) is 4.90 Å². The van der Waals surface area contributed by atoms with Crippen LogP contribution >= 0.6 is 0 Å². The Hall–Kier alpha value is -1.77. The molecule has 1 aliphatic rings. The van der Waals surface area contributed by atoms with Crippen LogP contribution in [0.4, 0.5) is 5.69 Å². The summed E-state index contributed by atoms with van der Waals surface area (Å²) in [5, 5.41) is 9.67. The van der Waals surface area contributed by atoms with E-state index >= 15 is 0 Å². The molecule has 1 N–H and O–H groups in total. The van der Waals surface area contributed by atoms with Gasteiger partial charge in [0.15, 0.2) is 0 Å². The Morgan fingerprint density at radius 3 is 2.57 bits per heavy atom. The number of carbonyl (C=O) groups is 1. The molecule has 0 fully saturated rings. The minimum atomic E-state index is -0.746. The molecule has 3 heteroatoms. The lowest BCUT2D eigenvalue weighted by atomic mass is 9.86. The first-order valence-corrected chi connectivity index (χ1v) is 7.60. The second-order valence-electron chi connectivity index (χ2n) is 6.51. The minimum absolute atomic E-state index is 0.301. The first-order valence-electron chi connectivity index (χ1n) is 7.60. The number of rotatable bonds is 4. The van der Waals surface area contributed by atoms with E-state index in [0.29, 0.717) is 6.42 Å². The topological polar surface area (TPSA) is 40.5 Å². The zero-order chi connectivity index (χ0) is 15.8. The Morgan fingerprint density at radius 2 is 2.00 bits per heavy atom. The van der Waals surface area contributed by atoms with Gasteiger partial charge in [0.2, 0.25) is 0 Å². The van der Waals surface area contributed by atoms with Crippen LogP contribution < -0.4 is 4.90 Å². The van der Waals surface area contributed by atoms with Gasteiger partial charge in [-0.25, -0.2) is 4.79 Å². The van der Waals surface area contributed by atoms with Crippen molar-refractivity contribution in [3.8, 4) is 0 Å². The number of aryl methyl sites for hydroxylation is 1. The molecule has 1 heterocycles. The smallest absolute Gasteiger partial charge is 0.326 e. The summed E-state index contributed by atoms with van der Waals surface area (Å²) >= 11 is 0. The minimum Gasteiger partial charge on any atom is -0.480 e. The number of nitrogens with zero attached hydrogens (tertiary/aromatic N) is 1. The molecule has 0 amide bonds. The summed E-state index contributed by atoms with van der Waals surface area (Å²) in [6.07, 6.45) is 3.69. The van der Waals surface area contributed by atoms with Crippen molar-refractivity contribution in [3.63, 3.8) is 0 Å². The van der Waals surface area contributed by atoms with Gasteiger partial charge in [0.05, 0.1) is 5.54 Å². The number of carboxylic acid groups (broad SMARTS) is 1. The number of aliphatic carboxylic acids is 1. The van der Waals surface area contributed by atoms with Crippen molar-refractivity contribution in [2.24, 2.45) is 0 Å². The highest BCUT2D eigenvalue weighted by atomic mass is 16.4. The average molecular weight is 287 g/mol. The Kier molecular flexibility index (Phi) is 4.13. The zero-order valence-corrected chi connectivity index (χ0v) is 13.6. The number of hydrogen-bond acceptors (Lipinski definition) is 2. The Morgan fingerprint density at radius 1 is 1.33 bits per heavy atom. The Bertz CT molecular complexity index is 587. The third-order valence-electron chi connectivity index (χ3n) is 4.19. The molecule has 0 bridgehead atoms. The fourth-order valence-corrected chi connectivity index (χ4v) is 3.37. The van der Waals surface area contributed by atoms with E-state index < -0.39 is 12.0 Å². The fourth-order valence-electron chi connectivity index (χ4n) is 3.37. The average Bonchev–Trinajstić information content (AvgIpc) is 2.37. The van der Waals surface area contributed by atoms with Gasteiger partial charge in [-0.2, -0.15) is 0 Å². The summed E-state index contributed by atoms with van der Waals surface area (Å²) in [5.74, 6) is -0.746. The van der Waals surface area contributed by atoms with Gasteiger partial charge in [-0.3, -0.25) is 0 Å². The van der Waals surface area contributed by atoms with Crippen molar-refractivity contribution in [3.05, 3.63) is 35.4 Å². The first kappa shape index (κ1) is 15.6. The van der Waals surface area contributed by atoms with E-state index in [0.717, 1.165) is 17.7 Å². The van der Waals surface area contributed by atoms with Crippen LogP contribution in [-0.2, 0) is 4.79 Å². The van der Waals surface area contributed by atoms with Crippen molar-refractivity contribution >= 4 is 17.2 Å². The maximum absolute atomic E-state index is 11.8. The number of carboxylic acids is 1. The van der Waals surface area contributed by atoms with E-state index in [2.05, 4.69) is 56.9 Å². The third kappa shape index (κ3) is 2.82. The highest BCUT2D eigenvalue weighted by Crippen LogP contribution is 2.41. The number of fused-ring (bicyclic) bond motifs is 1. The lowest BCUT2D eigenvalue weighted by molar-refractivity contribution is -0.139. The van der Waals surface area contributed by atoms with Crippen LogP contribution in [0.25, 0.3) is 5.57 Å². The molecule has 0 radical (unpaired) electrons. The molecule has 1 aliphatic heterocycles. The molecular formula is C18H25NO2. The van der Waals surface area contributed by atoms with Crippen LogP contribution in [0.5, 0.6) is 0 Å². The third-order valence-corrected chi connectivity index (χ3v) is 4.19. The molecule has 114 valence electrons. The molecule has 1 aromatic carbocycles. The second-order valence-corrected chi connectivity index (χ2v) is 6.51. The van der Waals surface area contributed by atoms with Crippen LogP contribution in [0, 0.1) is 6.92 Å². The van der Waals surface area contributed by atoms with Crippen LogP contribution in [0.15, 0.2) is 24.3 Å². The number of hydrogen-bond donors (Lipinski definition) is 1. The van der Waals surface area contributed by atoms with Gasteiger partial charge < -0.3 is 10.0 Å². The van der Waals surface area contributed by atoms with Crippen molar-refractivity contribution in [2.45, 2.75) is 59.0 Å². The van der Waals surface area contributed by atoms with E-state index in [1.54, 1.807) is 0 Å². The summed E-state index contributed by atoms with van der Waals surface area (Å²) in [7, 11) is 0. The maximum atomic E-state index is 11.8. The van der Waals surface area contributed by atoms with Crippen LogP contribution in [0.1, 0.15) is 51.7 Å². The van der Waals surface area contributed by atoms with Crippen molar-refractivity contribution < 1.29 is 9.90 Å². The number of allylic oxidation sites excluding steroid dienone is 1. The highest BCUT2D eigenvalue weighted by Gasteiger charge is 2.38. The predicted octanol–water partition coefficient (Wildman–Crippen LogP) is 4.25. The molecule has 1 aromatic rings. The maximum Gasteiger partial charge on any atom is 0.326 e. The zero-order valence-electron chi connectivity index (χ0n) is 13.6. The van der Waals surface area contributed by atoms with Gasteiger partial charge in [0.25, 0.3) is 0 Å². The summed E-state index contributed by atoms with van der Waals surface area (Å²) < 4.78 is 0. The summed E-state index contributed by atoms with van der Waals surface area (Å²) in [5.41, 5.74) is 4.30. The predicted molar refractivity (Wildman–Crippen MR) is 87.7 cm³/mol. The van der Waals surface area contributed by atoms with Crippen molar-refractivity contribution in [1.29, 1.82) is 0 Å². The molecule has 2 rings (SSSR count). The molecule has 1 atom stereocenters. The molecule has 0 saturated carbocycles. The molecule has 0 aromatic heterocycles. The van der Waals surface area contributed by atoms with E-state index in [-0.39, 0.29) is 5.54 Å². The summed E-state index contributed by atoms with van der Waals surface area (Å²) in [4.78, 5) is 13.8. The van der Waals surface area contributed by atoms with Crippen LogP contribution in [0.3, 0.4) is 0 Å². The molecule has 3 nitrogen and oxygen atoms in total. The van der Waals surface area contributed by atoms with Gasteiger partial charge in [-0.15, -0.1) is 0 Å². The molecule has 0 spiro atoms. The monoisotopic (exact) mass is 287 g/mol. The normalized spacial score (nSPS) is 18.0. The fraction of sp³-hybridized carbons (Fsp3) is 0.500. The standard InChI is InChI=1S/C18H25NO2/c1-6-7-16(17(20)21)19-15-9-8-12(2)10-14(15)13(3)11-18(19,4)5/h8-11,16H,6-7H2,1-5H3,(H,20,21)/t16-/m1/s1. The second kappa shape index (κ2) is 5.55. The molecule has 0 saturated heterocycles. The quantitative estimate of drug-likeness (QED) is 0.900. The van der Waals surface area contributed by atoms with Gasteiger partial charge in [-0.1, -0.05) is 31.1 Å². The lowest BCUT2D eigenvalue weighted by Gasteiger charge is -2.46. The highest BCUT2D eigenvalue weighted by molar-refractivity contribution is 5.87. The van der Waals surface area contributed by atoms with Gasteiger partial charge in [0, 0.05) is 11.3 Å². The Labute approximate surface area is 127 Å². The molecule has 21 heavy (non-hydrogen) atoms. The van der Waals surface area contributed by atoms with E-state index in [1.807, 2.05) is 6.92 Å². The van der Waals surface area contributed by atoms with E-state index in [4.69, 9.17) is 0 Å². The number of benzene rings is 1. The van der Waals surface area contributed by atoms with Crippen LogP contribution in [-0.4, -0.2) is 22.7 Å². The molecule has 0 unspecified atom stereocenters. The SMILES string of the molecule is CCC[C@H](C(=O)O)N1c2ccc(C)cc2C(C)=CC1(C)C. The van der Waals surface area contributed by atoms with Gasteiger partial charge in [-0.05, 0) is 51.8 Å². The van der Waals surface area contributed by atoms with Crippen molar-refractivity contribution in [1.82, 2.24) is 0 Å². The lowest BCUT2D eigenvalue weighted by Crippen LogP contribution is -2.54.